The minimum absolute atomic E-state index is 0.117. The van der Waals surface area contributed by atoms with Crippen LogP contribution in [0.4, 0.5) is 5.69 Å². The molecule has 0 aliphatic heterocycles. The summed E-state index contributed by atoms with van der Waals surface area (Å²) in [6.07, 6.45) is 1.63. The first-order valence-electron chi connectivity index (χ1n) is 6.96. The lowest BCUT2D eigenvalue weighted by molar-refractivity contribution is -0.117. The van der Waals surface area contributed by atoms with Crippen LogP contribution in [0, 0.1) is 13.8 Å². The topological polar surface area (TPSA) is 68.4 Å². The second kappa shape index (κ2) is 5.48. The Morgan fingerprint density at radius 3 is 2.55 bits per heavy atom. The fourth-order valence-electron chi connectivity index (χ4n) is 2.40. The van der Waals surface area contributed by atoms with Gasteiger partial charge in [-0.25, -0.2) is 9.48 Å². The number of benzene rings is 1. The molecule has 1 aromatic carbocycles. The number of fused-ring (bicyclic) bond motifs is 1. The van der Waals surface area contributed by atoms with Crippen molar-refractivity contribution in [1.29, 1.82) is 0 Å². The Morgan fingerprint density at radius 2 is 1.86 bits per heavy atom. The largest absolute Gasteiger partial charge is 0.350 e. The van der Waals surface area contributed by atoms with Crippen molar-refractivity contribution in [2.45, 2.75) is 20.4 Å². The number of nitrogens with zero attached hydrogens (tertiary/aromatic N) is 3. The molecule has 2 heterocycles. The molecule has 0 fully saturated rings. The third-order valence-corrected chi connectivity index (χ3v) is 3.53. The van der Waals surface area contributed by atoms with Crippen LogP contribution in [-0.2, 0) is 11.3 Å². The van der Waals surface area contributed by atoms with Crippen LogP contribution in [0.25, 0.3) is 5.65 Å². The Labute approximate surface area is 127 Å². The number of para-hydroxylation sites is 1. The van der Waals surface area contributed by atoms with E-state index in [2.05, 4.69) is 10.4 Å². The smallest absolute Gasteiger partial charge is 0.324 e. The number of aryl methyl sites for hydroxylation is 2. The first-order valence-corrected chi connectivity index (χ1v) is 6.96. The molecule has 0 aliphatic rings. The van der Waals surface area contributed by atoms with Gasteiger partial charge in [-0.1, -0.05) is 24.3 Å². The minimum atomic E-state index is -0.327. The predicted molar refractivity (Wildman–Crippen MR) is 84.0 cm³/mol. The molecule has 6 heteroatoms. The lowest BCUT2D eigenvalue weighted by atomic mass is 10.1. The summed E-state index contributed by atoms with van der Waals surface area (Å²) in [5, 5.41) is 7.00. The standard InChI is InChI=1S/C16H16N4O2/c1-11-6-5-7-12(2)15(11)17-14(21)10-20-16(22)19-9-4-3-8-13(19)18-20/h3-9H,10H2,1-2H3,(H,17,21). The van der Waals surface area contributed by atoms with Gasteiger partial charge in [-0.15, -0.1) is 5.10 Å². The zero-order valence-corrected chi connectivity index (χ0v) is 12.4. The van der Waals surface area contributed by atoms with Gasteiger partial charge in [0.15, 0.2) is 5.65 Å². The maximum absolute atomic E-state index is 12.2. The van der Waals surface area contributed by atoms with Crippen molar-refractivity contribution in [3.05, 3.63) is 64.2 Å². The van der Waals surface area contributed by atoms with Gasteiger partial charge in [0.2, 0.25) is 5.91 Å². The van der Waals surface area contributed by atoms with Crippen molar-refractivity contribution >= 4 is 17.2 Å². The molecule has 0 spiro atoms. The van der Waals surface area contributed by atoms with Crippen LogP contribution in [0.3, 0.4) is 0 Å². The van der Waals surface area contributed by atoms with Crippen LogP contribution >= 0.6 is 0 Å². The molecule has 1 amide bonds. The molecular formula is C16H16N4O2. The summed E-state index contributed by atoms with van der Waals surface area (Å²) >= 11 is 0. The molecule has 0 bridgehead atoms. The highest BCUT2D eigenvalue weighted by Crippen LogP contribution is 2.19. The summed E-state index contributed by atoms with van der Waals surface area (Å²) in [6.45, 7) is 3.74. The number of hydrogen-bond donors (Lipinski definition) is 1. The summed E-state index contributed by atoms with van der Waals surface area (Å²) in [5.41, 5.74) is 2.94. The van der Waals surface area contributed by atoms with Crippen molar-refractivity contribution in [1.82, 2.24) is 14.2 Å². The Morgan fingerprint density at radius 1 is 1.14 bits per heavy atom. The zero-order chi connectivity index (χ0) is 15.7. The summed E-state index contributed by atoms with van der Waals surface area (Å²) < 4.78 is 2.57. The zero-order valence-electron chi connectivity index (χ0n) is 12.4. The fourth-order valence-corrected chi connectivity index (χ4v) is 2.40. The number of carbonyl (C=O) groups excluding carboxylic acids is 1. The quantitative estimate of drug-likeness (QED) is 0.800. The highest BCUT2D eigenvalue weighted by atomic mass is 16.2. The van der Waals surface area contributed by atoms with Crippen LogP contribution < -0.4 is 11.0 Å². The van der Waals surface area contributed by atoms with Gasteiger partial charge in [-0.2, -0.15) is 0 Å². The van der Waals surface area contributed by atoms with E-state index in [-0.39, 0.29) is 18.1 Å². The first-order chi connectivity index (χ1) is 10.6. The van der Waals surface area contributed by atoms with Crippen LogP contribution in [0.15, 0.2) is 47.4 Å². The summed E-state index contributed by atoms with van der Waals surface area (Å²) in [5.74, 6) is -0.275. The molecule has 112 valence electrons. The van der Waals surface area contributed by atoms with Gasteiger partial charge in [-0.3, -0.25) is 9.20 Å². The number of nitrogens with one attached hydrogen (secondary N) is 1. The van der Waals surface area contributed by atoms with Crippen LogP contribution in [0.2, 0.25) is 0 Å². The Hall–Kier alpha value is -2.89. The number of hydrogen-bond acceptors (Lipinski definition) is 3. The molecule has 3 aromatic rings. The molecule has 0 atom stereocenters. The Bertz CT molecular complexity index is 888. The third kappa shape index (κ3) is 2.50. The van der Waals surface area contributed by atoms with Crippen molar-refractivity contribution < 1.29 is 4.79 Å². The van der Waals surface area contributed by atoms with Crippen LogP contribution in [-0.4, -0.2) is 20.1 Å². The van der Waals surface area contributed by atoms with E-state index in [0.29, 0.717) is 5.65 Å². The number of amides is 1. The van der Waals surface area contributed by atoms with E-state index in [0.717, 1.165) is 21.5 Å². The van der Waals surface area contributed by atoms with Gasteiger partial charge in [-0.05, 0) is 37.1 Å². The number of aromatic nitrogens is 3. The third-order valence-electron chi connectivity index (χ3n) is 3.53. The van der Waals surface area contributed by atoms with Crippen molar-refractivity contribution in [2.24, 2.45) is 0 Å². The van der Waals surface area contributed by atoms with Gasteiger partial charge < -0.3 is 5.32 Å². The molecule has 0 unspecified atom stereocenters. The van der Waals surface area contributed by atoms with E-state index in [1.165, 1.54) is 4.40 Å². The van der Waals surface area contributed by atoms with E-state index in [1.807, 2.05) is 32.0 Å². The molecule has 3 rings (SSSR count). The summed E-state index contributed by atoms with van der Waals surface area (Å²) in [7, 11) is 0. The Kier molecular flexibility index (Phi) is 3.50. The normalized spacial score (nSPS) is 10.8. The number of anilines is 1. The molecule has 6 nitrogen and oxygen atoms in total. The van der Waals surface area contributed by atoms with E-state index in [9.17, 15) is 9.59 Å². The number of pyridine rings is 1. The first kappa shape index (κ1) is 14.1. The molecule has 1 N–H and O–H groups in total. The second-order valence-corrected chi connectivity index (χ2v) is 5.18. The monoisotopic (exact) mass is 296 g/mol. The SMILES string of the molecule is Cc1cccc(C)c1NC(=O)Cn1nc2ccccn2c1=O. The average molecular weight is 296 g/mol. The van der Waals surface area contributed by atoms with E-state index in [4.69, 9.17) is 0 Å². The van der Waals surface area contributed by atoms with Gasteiger partial charge >= 0.3 is 5.69 Å². The lowest BCUT2D eigenvalue weighted by Gasteiger charge is -2.10. The lowest BCUT2D eigenvalue weighted by Crippen LogP contribution is -2.28. The molecule has 2 aromatic heterocycles. The van der Waals surface area contributed by atoms with Gasteiger partial charge in [0.05, 0.1) is 0 Å². The Balaban J connectivity index is 1.85. The van der Waals surface area contributed by atoms with Crippen LogP contribution in [0.1, 0.15) is 11.1 Å². The minimum Gasteiger partial charge on any atom is -0.324 e. The highest BCUT2D eigenvalue weighted by Gasteiger charge is 2.12. The second-order valence-electron chi connectivity index (χ2n) is 5.18. The maximum atomic E-state index is 12.2. The maximum Gasteiger partial charge on any atom is 0.350 e. The average Bonchev–Trinajstić information content (AvgIpc) is 2.80. The van der Waals surface area contributed by atoms with Crippen molar-refractivity contribution in [2.75, 3.05) is 5.32 Å². The summed E-state index contributed by atoms with van der Waals surface area (Å²) in [6, 6.07) is 11.1. The summed E-state index contributed by atoms with van der Waals surface area (Å²) in [4.78, 5) is 24.3. The van der Waals surface area contributed by atoms with E-state index >= 15 is 0 Å². The van der Waals surface area contributed by atoms with Gasteiger partial charge in [0.25, 0.3) is 0 Å². The highest BCUT2D eigenvalue weighted by molar-refractivity contribution is 5.92. The molecule has 0 aliphatic carbocycles. The molecule has 0 saturated carbocycles. The van der Waals surface area contributed by atoms with Crippen molar-refractivity contribution in [3.63, 3.8) is 0 Å². The molecule has 22 heavy (non-hydrogen) atoms. The fraction of sp³-hybridized carbons (Fsp3) is 0.188. The molecule has 0 radical (unpaired) electrons. The van der Waals surface area contributed by atoms with Gasteiger partial charge in [0, 0.05) is 11.9 Å². The number of carbonyl (C=O) groups is 1. The van der Waals surface area contributed by atoms with E-state index in [1.54, 1.807) is 24.4 Å². The predicted octanol–water partition coefficient (Wildman–Crippen LogP) is 1.75. The van der Waals surface area contributed by atoms with E-state index < -0.39 is 0 Å². The molecular weight excluding hydrogens is 280 g/mol. The molecule has 0 saturated heterocycles. The number of rotatable bonds is 3. The van der Waals surface area contributed by atoms with Crippen LogP contribution in [0.5, 0.6) is 0 Å². The van der Waals surface area contributed by atoms with Crippen molar-refractivity contribution in [3.8, 4) is 0 Å². The van der Waals surface area contributed by atoms with Gasteiger partial charge in [0.1, 0.15) is 6.54 Å².